The predicted molar refractivity (Wildman–Crippen MR) is 70.2 cm³/mol. The maximum atomic E-state index is 6.14. The molecule has 5 heteroatoms. The van der Waals surface area contributed by atoms with Gasteiger partial charge >= 0.3 is 0 Å². The Hall–Kier alpha value is -1.45. The second-order valence-electron chi connectivity index (χ2n) is 3.98. The van der Waals surface area contributed by atoms with Crippen LogP contribution in [0.3, 0.4) is 0 Å². The topological polar surface area (TPSA) is 34.7 Å². The lowest BCUT2D eigenvalue weighted by Gasteiger charge is -2.04. The van der Waals surface area contributed by atoms with E-state index in [0.29, 0.717) is 16.5 Å². The first-order chi connectivity index (χ1) is 8.74. The van der Waals surface area contributed by atoms with Gasteiger partial charge in [-0.2, -0.15) is 0 Å². The molecule has 0 saturated heterocycles. The number of nitrogens with zero attached hydrogens (tertiary/aromatic N) is 1. The Kier molecular flexibility index (Phi) is 3.02. The minimum Gasteiger partial charge on any atom is -0.465 e. The molecule has 0 spiro atoms. The normalized spacial score (nSPS) is 18.6. The number of furan rings is 1. The van der Waals surface area contributed by atoms with Crippen LogP contribution in [0.4, 0.5) is 0 Å². The lowest BCUT2D eigenvalue weighted by atomic mass is 10.0. The van der Waals surface area contributed by atoms with Crippen molar-refractivity contribution in [3.05, 3.63) is 58.0 Å². The lowest BCUT2D eigenvalue weighted by Crippen LogP contribution is -2.01. The Morgan fingerprint density at radius 1 is 1.22 bits per heavy atom. The molecule has 0 N–H and O–H groups in total. The van der Waals surface area contributed by atoms with E-state index in [9.17, 15) is 0 Å². The minimum atomic E-state index is -0.179. The Morgan fingerprint density at radius 3 is 2.83 bits per heavy atom. The SMILES string of the molecule is Clc1ccc(C2=NOC(c3ccco3)C2)c(Cl)c1. The number of oxime groups is 1. The summed E-state index contributed by atoms with van der Waals surface area (Å²) in [6, 6.07) is 9.02. The van der Waals surface area contributed by atoms with Gasteiger partial charge in [0, 0.05) is 17.0 Å². The Balaban J connectivity index is 1.83. The maximum absolute atomic E-state index is 6.14. The fourth-order valence-electron chi connectivity index (χ4n) is 1.89. The lowest BCUT2D eigenvalue weighted by molar-refractivity contribution is 0.0689. The van der Waals surface area contributed by atoms with E-state index in [2.05, 4.69) is 5.16 Å². The van der Waals surface area contributed by atoms with Crippen molar-refractivity contribution in [2.24, 2.45) is 5.16 Å². The van der Waals surface area contributed by atoms with E-state index in [-0.39, 0.29) is 6.10 Å². The Bertz CT molecular complexity index is 593. The molecule has 0 fully saturated rings. The average Bonchev–Trinajstić information content (AvgIpc) is 2.99. The molecule has 92 valence electrons. The molecule has 2 aromatic rings. The smallest absolute Gasteiger partial charge is 0.190 e. The molecular weight excluding hydrogens is 273 g/mol. The van der Waals surface area contributed by atoms with Crippen molar-refractivity contribution in [1.29, 1.82) is 0 Å². The number of hydrogen-bond acceptors (Lipinski definition) is 3. The van der Waals surface area contributed by atoms with Gasteiger partial charge in [0.25, 0.3) is 0 Å². The van der Waals surface area contributed by atoms with Gasteiger partial charge in [-0.1, -0.05) is 34.4 Å². The first-order valence-corrected chi connectivity index (χ1v) is 6.21. The number of rotatable bonds is 2. The maximum Gasteiger partial charge on any atom is 0.190 e. The van der Waals surface area contributed by atoms with Crippen LogP contribution in [0.1, 0.15) is 23.8 Å². The molecule has 0 saturated carbocycles. The molecule has 0 radical (unpaired) electrons. The number of halogens is 2. The molecule has 18 heavy (non-hydrogen) atoms. The van der Waals surface area contributed by atoms with Gasteiger partial charge in [0.2, 0.25) is 0 Å². The molecule has 3 rings (SSSR count). The van der Waals surface area contributed by atoms with Crippen LogP contribution in [-0.2, 0) is 4.84 Å². The van der Waals surface area contributed by atoms with Gasteiger partial charge in [0.05, 0.1) is 17.0 Å². The van der Waals surface area contributed by atoms with Gasteiger partial charge in [-0.15, -0.1) is 0 Å². The third-order valence-electron chi connectivity index (χ3n) is 2.77. The second kappa shape index (κ2) is 4.67. The van der Waals surface area contributed by atoms with E-state index < -0.39 is 0 Å². The molecule has 3 nitrogen and oxygen atoms in total. The quantitative estimate of drug-likeness (QED) is 0.815. The van der Waals surface area contributed by atoms with Gasteiger partial charge in [-0.05, 0) is 24.3 Å². The third-order valence-corrected chi connectivity index (χ3v) is 3.32. The van der Waals surface area contributed by atoms with Crippen LogP contribution in [0.15, 0.2) is 46.2 Å². The van der Waals surface area contributed by atoms with Crippen molar-refractivity contribution >= 4 is 28.9 Å². The Labute approximate surface area is 114 Å². The molecule has 1 aliphatic rings. The first kappa shape index (κ1) is 11.6. The zero-order valence-electron chi connectivity index (χ0n) is 9.27. The van der Waals surface area contributed by atoms with Crippen LogP contribution < -0.4 is 0 Å². The molecule has 0 amide bonds. The summed E-state index contributed by atoms with van der Waals surface area (Å²) >= 11 is 12.0. The minimum absolute atomic E-state index is 0.179. The first-order valence-electron chi connectivity index (χ1n) is 5.45. The van der Waals surface area contributed by atoms with Gasteiger partial charge < -0.3 is 9.25 Å². The fraction of sp³-hybridized carbons (Fsp3) is 0.154. The summed E-state index contributed by atoms with van der Waals surface area (Å²) in [5, 5.41) is 5.24. The van der Waals surface area contributed by atoms with E-state index >= 15 is 0 Å². The zero-order chi connectivity index (χ0) is 12.5. The standard InChI is InChI=1S/C13H9Cl2NO2/c14-8-3-4-9(10(15)6-8)11-7-13(18-16-11)12-2-1-5-17-12/h1-6,13H,7H2. The van der Waals surface area contributed by atoms with E-state index in [1.54, 1.807) is 18.4 Å². The highest BCUT2D eigenvalue weighted by Gasteiger charge is 2.26. The highest BCUT2D eigenvalue weighted by atomic mass is 35.5. The summed E-state index contributed by atoms with van der Waals surface area (Å²) < 4.78 is 5.30. The van der Waals surface area contributed by atoms with Crippen LogP contribution in [-0.4, -0.2) is 5.71 Å². The highest BCUT2D eigenvalue weighted by molar-refractivity contribution is 6.37. The van der Waals surface area contributed by atoms with Gasteiger partial charge in [-0.3, -0.25) is 0 Å². The van der Waals surface area contributed by atoms with Crippen molar-refractivity contribution in [2.45, 2.75) is 12.5 Å². The predicted octanol–water partition coefficient (Wildman–Crippen LogP) is 4.45. The monoisotopic (exact) mass is 281 g/mol. The van der Waals surface area contributed by atoms with Crippen molar-refractivity contribution in [2.75, 3.05) is 0 Å². The van der Waals surface area contributed by atoms with Crippen molar-refractivity contribution < 1.29 is 9.25 Å². The molecular formula is C13H9Cl2NO2. The highest BCUT2D eigenvalue weighted by Crippen LogP contribution is 2.32. The molecule has 1 aliphatic heterocycles. The molecule has 1 unspecified atom stereocenters. The zero-order valence-corrected chi connectivity index (χ0v) is 10.8. The van der Waals surface area contributed by atoms with Gasteiger partial charge in [0.1, 0.15) is 5.76 Å². The average molecular weight is 282 g/mol. The van der Waals surface area contributed by atoms with E-state index in [1.807, 2.05) is 18.2 Å². The van der Waals surface area contributed by atoms with Gasteiger partial charge in [0.15, 0.2) is 6.10 Å². The summed E-state index contributed by atoms with van der Waals surface area (Å²) in [5.74, 6) is 0.763. The van der Waals surface area contributed by atoms with Crippen LogP contribution >= 0.6 is 23.2 Å². The van der Waals surface area contributed by atoms with Crippen molar-refractivity contribution in [3.8, 4) is 0 Å². The number of benzene rings is 1. The van der Waals surface area contributed by atoms with Crippen LogP contribution in [0.25, 0.3) is 0 Å². The molecule has 1 aromatic carbocycles. The fourth-order valence-corrected chi connectivity index (χ4v) is 2.40. The Morgan fingerprint density at radius 2 is 2.11 bits per heavy atom. The van der Waals surface area contributed by atoms with Crippen LogP contribution in [0.2, 0.25) is 10.0 Å². The van der Waals surface area contributed by atoms with Crippen molar-refractivity contribution in [3.63, 3.8) is 0 Å². The van der Waals surface area contributed by atoms with Crippen molar-refractivity contribution in [1.82, 2.24) is 0 Å². The molecule has 1 atom stereocenters. The molecule has 1 aromatic heterocycles. The number of hydrogen-bond donors (Lipinski definition) is 0. The molecule has 2 heterocycles. The van der Waals surface area contributed by atoms with Crippen LogP contribution in [0.5, 0.6) is 0 Å². The van der Waals surface area contributed by atoms with Gasteiger partial charge in [-0.25, -0.2) is 0 Å². The van der Waals surface area contributed by atoms with E-state index in [0.717, 1.165) is 17.0 Å². The summed E-state index contributed by atoms with van der Waals surface area (Å²) in [6.07, 6.45) is 2.07. The summed E-state index contributed by atoms with van der Waals surface area (Å²) in [7, 11) is 0. The van der Waals surface area contributed by atoms with E-state index in [4.69, 9.17) is 32.5 Å². The second-order valence-corrected chi connectivity index (χ2v) is 4.82. The largest absolute Gasteiger partial charge is 0.465 e. The summed E-state index contributed by atoms with van der Waals surface area (Å²) in [4.78, 5) is 5.35. The van der Waals surface area contributed by atoms with E-state index in [1.165, 1.54) is 0 Å². The molecule has 0 aliphatic carbocycles. The van der Waals surface area contributed by atoms with Crippen LogP contribution in [0, 0.1) is 0 Å². The molecule has 0 bridgehead atoms. The third kappa shape index (κ3) is 2.11. The summed E-state index contributed by atoms with van der Waals surface area (Å²) in [6.45, 7) is 0. The summed E-state index contributed by atoms with van der Waals surface area (Å²) in [5.41, 5.74) is 1.65.